The van der Waals surface area contributed by atoms with E-state index in [1.807, 2.05) is 31.2 Å². The van der Waals surface area contributed by atoms with Crippen LogP contribution in [0.2, 0.25) is 0 Å². The highest BCUT2D eigenvalue weighted by Crippen LogP contribution is 2.16. The summed E-state index contributed by atoms with van der Waals surface area (Å²) in [6.45, 7) is 3.58. The van der Waals surface area contributed by atoms with Crippen molar-refractivity contribution in [3.05, 3.63) is 53.7 Å². The molecule has 1 aromatic carbocycles. The van der Waals surface area contributed by atoms with Gasteiger partial charge in [-0.15, -0.1) is 0 Å². The van der Waals surface area contributed by atoms with E-state index < -0.39 is 0 Å². The fourth-order valence-corrected chi connectivity index (χ4v) is 1.54. The Hall–Kier alpha value is -2.16. The lowest BCUT2D eigenvalue weighted by Crippen LogP contribution is -1.95. The first-order chi connectivity index (χ1) is 8.15. The molecule has 1 heterocycles. The number of Topliss-reactive ketones (excluding diaryl/α,β-unsaturated/α-hetero) is 1. The maximum Gasteiger partial charge on any atom is 0.159 e. The topological polar surface area (TPSA) is 42.0 Å². The zero-order valence-electron chi connectivity index (χ0n) is 9.90. The van der Waals surface area contributed by atoms with Gasteiger partial charge in [0.2, 0.25) is 0 Å². The molecule has 17 heavy (non-hydrogen) atoms. The van der Waals surface area contributed by atoms with E-state index in [9.17, 15) is 4.79 Å². The largest absolute Gasteiger partial charge is 0.340 e. The predicted molar refractivity (Wildman–Crippen MR) is 68.7 cm³/mol. The molecule has 0 spiro atoms. The fraction of sp³-hybridized carbons (Fsp3) is 0.143. The number of nitrogens with one attached hydrogen (secondary N) is 1. The van der Waals surface area contributed by atoms with Crippen LogP contribution in [-0.2, 0) is 0 Å². The molecule has 1 aromatic heterocycles. The molecule has 3 nitrogen and oxygen atoms in total. The van der Waals surface area contributed by atoms with E-state index in [2.05, 4.69) is 10.3 Å². The molecule has 0 atom stereocenters. The number of hydrogen-bond acceptors (Lipinski definition) is 3. The average molecular weight is 226 g/mol. The SMILES string of the molecule is CC(=O)c1ccc(Nc2cc(C)ccn2)cc1. The number of carbonyl (C=O) groups is 1. The Morgan fingerprint density at radius 3 is 2.47 bits per heavy atom. The second-order valence-electron chi connectivity index (χ2n) is 3.98. The van der Waals surface area contributed by atoms with Gasteiger partial charge < -0.3 is 5.32 Å². The summed E-state index contributed by atoms with van der Waals surface area (Å²) in [5.41, 5.74) is 2.80. The molecule has 2 rings (SSSR count). The van der Waals surface area contributed by atoms with Crippen molar-refractivity contribution < 1.29 is 4.79 Å². The third-order valence-electron chi connectivity index (χ3n) is 2.48. The quantitative estimate of drug-likeness (QED) is 0.816. The van der Waals surface area contributed by atoms with Crippen LogP contribution in [0.3, 0.4) is 0 Å². The maximum absolute atomic E-state index is 11.1. The van der Waals surface area contributed by atoms with Crippen LogP contribution in [0.1, 0.15) is 22.8 Å². The van der Waals surface area contributed by atoms with E-state index in [-0.39, 0.29) is 5.78 Å². The van der Waals surface area contributed by atoms with Gasteiger partial charge in [0.15, 0.2) is 5.78 Å². The average Bonchev–Trinajstić information content (AvgIpc) is 2.29. The number of anilines is 2. The number of carbonyl (C=O) groups excluding carboxylic acids is 1. The van der Waals surface area contributed by atoms with E-state index in [1.165, 1.54) is 0 Å². The smallest absolute Gasteiger partial charge is 0.159 e. The summed E-state index contributed by atoms with van der Waals surface area (Å²) in [6, 6.07) is 11.3. The number of pyridine rings is 1. The van der Waals surface area contributed by atoms with Crippen molar-refractivity contribution in [2.24, 2.45) is 0 Å². The third kappa shape index (κ3) is 2.91. The number of aryl methyl sites for hydroxylation is 1. The lowest BCUT2D eigenvalue weighted by atomic mass is 10.1. The number of rotatable bonds is 3. The highest BCUT2D eigenvalue weighted by Gasteiger charge is 1.99. The zero-order chi connectivity index (χ0) is 12.3. The molecule has 0 unspecified atom stereocenters. The Morgan fingerprint density at radius 2 is 1.88 bits per heavy atom. The number of ketones is 1. The molecule has 0 fully saturated rings. The Labute approximate surface area is 101 Å². The van der Waals surface area contributed by atoms with Gasteiger partial charge in [0.1, 0.15) is 5.82 Å². The first-order valence-electron chi connectivity index (χ1n) is 5.46. The van der Waals surface area contributed by atoms with Crippen molar-refractivity contribution >= 4 is 17.3 Å². The van der Waals surface area contributed by atoms with E-state index >= 15 is 0 Å². The van der Waals surface area contributed by atoms with E-state index in [4.69, 9.17) is 0 Å². The minimum Gasteiger partial charge on any atom is -0.340 e. The summed E-state index contributed by atoms with van der Waals surface area (Å²) in [5, 5.41) is 3.19. The van der Waals surface area contributed by atoms with Crippen molar-refractivity contribution in [3.63, 3.8) is 0 Å². The highest BCUT2D eigenvalue weighted by atomic mass is 16.1. The minimum absolute atomic E-state index is 0.0743. The summed E-state index contributed by atoms with van der Waals surface area (Å²) in [4.78, 5) is 15.3. The molecular weight excluding hydrogens is 212 g/mol. The van der Waals surface area contributed by atoms with Crippen LogP contribution in [-0.4, -0.2) is 10.8 Å². The number of nitrogens with zero attached hydrogens (tertiary/aromatic N) is 1. The van der Waals surface area contributed by atoms with Crippen molar-refractivity contribution in [1.29, 1.82) is 0 Å². The first kappa shape index (κ1) is 11.3. The summed E-state index contributed by atoms with van der Waals surface area (Å²) in [6.07, 6.45) is 1.77. The number of benzene rings is 1. The van der Waals surface area contributed by atoms with E-state index in [1.54, 1.807) is 25.3 Å². The van der Waals surface area contributed by atoms with Crippen LogP contribution in [0.25, 0.3) is 0 Å². The van der Waals surface area contributed by atoms with Gasteiger partial charge in [-0.1, -0.05) is 0 Å². The van der Waals surface area contributed by atoms with Gasteiger partial charge in [-0.2, -0.15) is 0 Å². The van der Waals surface area contributed by atoms with Crippen LogP contribution in [0.4, 0.5) is 11.5 Å². The van der Waals surface area contributed by atoms with Gasteiger partial charge in [-0.3, -0.25) is 4.79 Å². The second kappa shape index (κ2) is 4.78. The Morgan fingerprint density at radius 1 is 1.18 bits per heavy atom. The van der Waals surface area contributed by atoms with Crippen LogP contribution >= 0.6 is 0 Å². The standard InChI is InChI=1S/C14H14N2O/c1-10-7-8-15-14(9-10)16-13-5-3-12(4-6-13)11(2)17/h3-9H,1-2H3,(H,15,16). The van der Waals surface area contributed by atoms with E-state index in [0.717, 1.165) is 17.1 Å². The molecule has 0 radical (unpaired) electrons. The molecule has 0 amide bonds. The number of aromatic nitrogens is 1. The molecule has 0 aliphatic carbocycles. The van der Waals surface area contributed by atoms with Crippen LogP contribution in [0, 0.1) is 6.92 Å². The van der Waals surface area contributed by atoms with Gasteiger partial charge in [-0.05, 0) is 55.8 Å². The molecule has 0 saturated heterocycles. The third-order valence-corrected chi connectivity index (χ3v) is 2.48. The summed E-state index contributed by atoms with van der Waals surface area (Å²) >= 11 is 0. The summed E-state index contributed by atoms with van der Waals surface area (Å²) in [5.74, 6) is 0.880. The molecule has 86 valence electrons. The van der Waals surface area contributed by atoms with Crippen molar-refractivity contribution in [2.75, 3.05) is 5.32 Å². The number of hydrogen-bond donors (Lipinski definition) is 1. The maximum atomic E-state index is 11.1. The monoisotopic (exact) mass is 226 g/mol. The minimum atomic E-state index is 0.0743. The molecule has 0 saturated carbocycles. The van der Waals surface area contributed by atoms with Crippen LogP contribution in [0.15, 0.2) is 42.6 Å². The van der Waals surface area contributed by atoms with Crippen molar-refractivity contribution in [3.8, 4) is 0 Å². The second-order valence-corrected chi connectivity index (χ2v) is 3.98. The molecule has 0 aliphatic rings. The Bertz CT molecular complexity index is 532. The lowest BCUT2D eigenvalue weighted by Gasteiger charge is -2.06. The van der Waals surface area contributed by atoms with Gasteiger partial charge in [0.05, 0.1) is 0 Å². The Balaban J connectivity index is 2.16. The molecule has 0 aliphatic heterocycles. The molecule has 0 bridgehead atoms. The molecular formula is C14H14N2O. The van der Waals surface area contributed by atoms with Crippen molar-refractivity contribution in [2.45, 2.75) is 13.8 Å². The molecule has 1 N–H and O–H groups in total. The fourth-order valence-electron chi connectivity index (χ4n) is 1.54. The van der Waals surface area contributed by atoms with Gasteiger partial charge in [0.25, 0.3) is 0 Å². The summed E-state index contributed by atoms with van der Waals surface area (Å²) in [7, 11) is 0. The normalized spacial score (nSPS) is 10.0. The summed E-state index contributed by atoms with van der Waals surface area (Å²) < 4.78 is 0. The molecule has 3 heteroatoms. The molecule has 2 aromatic rings. The van der Waals surface area contributed by atoms with Gasteiger partial charge >= 0.3 is 0 Å². The lowest BCUT2D eigenvalue weighted by molar-refractivity contribution is 0.101. The van der Waals surface area contributed by atoms with Gasteiger partial charge in [0, 0.05) is 17.4 Å². The first-order valence-corrected chi connectivity index (χ1v) is 5.46. The Kier molecular flexibility index (Phi) is 3.19. The highest BCUT2D eigenvalue weighted by molar-refractivity contribution is 5.94. The van der Waals surface area contributed by atoms with Crippen LogP contribution < -0.4 is 5.32 Å². The van der Waals surface area contributed by atoms with E-state index in [0.29, 0.717) is 5.56 Å². The zero-order valence-corrected chi connectivity index (χ0v) is 9.90. The van der Waals surface area contributed by atoms with Gasteiger partial charge in [-0.25, -0.2) is 4.98 Å². The predicted octanol–water partition coefficient (Wildman–Crippen LogP) is 3.34. The van der Waals surface area contributed by atoms with Crippen molar-refractivity contribution in [1.82, 2.24) is 4.98 Å². The van der Waals surface area contributed by atoms with Crippen LogP contribution in [0.5, 0.6) is 0 Å².